The lowest BCUT2D eigenvalue weighted by molar-refractivity contribution is 0.195. The number of benzene rings is 2. The Bertz CT molecular complexity index is 813. The molecule has 0 aliphatic heterocycles. The van der Waals surface area contributed by atoms with Crippen LogP contribution in [0, 0.1) is 0 Å². The molecule has 4 nitrogen and oxygen atoms in total. The van der Waals surface area contributed by atoms with Gasteiger partial charge in [-0.1, -0.05) is 42.5 Å². The predicted molar refractivity (Wildman–Crippen MR) is 93.3 cm³/mol. The Morgan fingerprint density at radius 1 is 1.04 bits per heavy atom. The Kier molecular flexibility index (Phi) is 4.13. The van der Waals surface area contributed by atoms with Gasteiger partial charge in [0.1, 0.15) is 0 Å². The molecule has 1 atom stereocenters. The van der Waals surface area contributed by atoms with Crippen LogP contribution in [-0.2, 0) is 13.0 Å². The number of hydrogen-bond acceptors (Lipinski definition) is 4. The van der Waals surface area contributed by atoms with Crippen molar-refractivity contribution in [3.63, 3.8) is 0 Å². The fraction of sp³-hybridized carbons (Fsp3) is 0.300. The van der Waals surface area contributed by atoms with E-state index in [1.165, 1.54) is 30.4 Å². The van der Waals surface area contributed by atoms with Crippen molar-refractivity contribution in [2.24, 2.45) is 0 Å². The zero-order chi connectivity index (χ0) is 16.4. The smallest absolute Gasteiger partial charge is 0.247 e. The summed E-state index contributed by atoms with van der Waals surface area (Å²) in [7, 11) is 2.14. The minimum Gasteiger partial charge on any atom is -0.419 e. The van der Waals surface area contributed by atoms with E-state index in [9.17, 15) is 0 Å². The van der Waals surface area contributed by atoms with E-state index in [2.05, 4.69) is 46.4 Å². The van der Waals surface area contributed by atoms with Crippen molar-refractivity contribution in [3.8, 4) is 11.5 Å². The lowest BCUT2D eigenvalue weighted by Gasteiger charge is -2.32. The Hall–Kier alpha value is -2.46. The fourth-order valence-corrected chi connectivity index (χ4v) is 3.52. The van der Waals surface area contributed by atoms with Crippen molar-refractivity contribution in [2.75, 3.05) is 7.05 Å². The van der Waals surface area contributed by atoms with Gasteiger partial charge in [0.2, 0.25) is 11.8 Å². The highest BCUT2D eigenvalue weighted by Gasteiger charge is 2.24. The summed E-state index contributed by atoms with van der Waals surface area (Å²) in [5, 5.41) is 8.41. The molecule has 0 saturated carbocycles. The van der Waals surface area contributed by atoms with Gasteiger partial charge in [-0.15, -0.1) is 10.2 Å². The molecule has 1 aromatic heterocycles. The monoisotopic (exact) mass is 319 g/mol. The van der Waals surface area contributed by atoms with E-state index in [-0.39, 0.29) is 0 Å². The maximum Gasteiger partial charge on any atom is 0.247 e. The van der Waals surface area contributed by atoms with Crippen LogP contribution in [0.5, 0.6) is 0 Å². The van der Waals surface area contributed by atoms with E-state index in [4.69, 9.17) is 4.42 Å². The number of nitrogens with zero attached hydrogens (tertiary/aromatic N) is 3. The predicted octanol–water partition coefficient (Wildman–Crippen LogP) is 4.25. The molecule has 4 heteroatoms. The molecule has 0 bridgehead atoms. The van der Waals surface area contributed by atoms with Gasteiger partial charge in [-0.05, 0) is 49.6 Å². The first kappa shape index (κ1) is 15.1. The summed E-state index contributed by atoms with van der Waals surface area (Å²) in [6.45, 7) is 0.666. The van der Waals surface area contributed by atoms with Crippen LogP contribution in [0.3, 0.4) is 0 Å². The normalized spacial score (nSPS) is 17.0. The topological polar surface area (TPSA) is 42.2 Å². The van der Waals surface area contributed by atoms with E-state index < -0.39 is 0 Å². The van der Waals surface area contributed by atoms with Gasteiger partial charge in [-0.2, -0.15) is 0 Å². The second kappa shape index (κ2) is 6.57. The van der Waals surface area contributed by atoms with Crippen LogP contribution in [0.4, 0.5) is 0 Å². The molecule has 0 saturated heterocycles. The van der Waals surface area contributed by atoms with Crippen molar-refractivity contribution < 1.29 is 4.42 Å². The quantitative estimate of drug-likeness (QED) is 0.721. The summed E-state index contributed by atoms with van der Waals surface area (Å²) in [6.07, 6.45) is 3.58. The molecule has 1 aliphatic rings. The summed E-state index contributed by atoms with van der Waals surface area (Å²) in [5.74, 6) is 1.25. The average Bonchev–Trinajstić information content (AvgIpc) is 3.10. The lowest BCUT2D eigenvalue weighted by atomic mass is 9.87. The summed E-state index contributed by atoms with van der Waals surface area (Å²) in [6, 6.07) is 19.1. The van der Waals surface area contributed by atoms with Crippen LogP contribution in [0.25, 0.3) is 11.5 Å². The van der Waals surface area contributed by atoms with E-state index in [1.807, 2.05) is 30.3 Å². The standard InChI is InChI=1S/C20H21N3O/c1-23(18-13-7-11-15-8-5-6-12-17(15)18)14-19-21-22-20(24-19)16-9-3-2-4-10-16/h2-6,8-10,12,18H,7,11,13-14H2,1H3. The molecule has 0 spiro atoms. The summed E-state index contributed by atoms with van der Waals surface area (Å²) < 4.78 is 5.86. The minimum atomic E-state index is 0.419. The molecule has 122 valence electrons. The van der Waals surface area contributed by atoms with Gasteiger partial charge in [-0.25, -0.2) is 0 Å². The third-order valence-corrected chi connectivity index (χ3v) is 4.74. The molecule has 1 unspecified atom stereocenters. The molecular formula is C20H21N3O. The maximum atomic E-state index is 5.86. The number of hydrogen-bond donors (Lipinski definition) is 0. The molecule has 24 heavy (non-hydrogen) atoms. The van der Waals surface area contributed by atoms with Crippen LogP contribution in [0.1, 0.15) is 35.9 Å². The van der Waals surface area contributed by atoms with Crippen LogP contribution in [0.2, 0.25) is 0 Å². The average molecular weight is 319 g/mol. The number of aromatic nitrogens is 2. The molecular weight excluding hydrogens is 298 g/mol. The maximum absolute atomic E-state index is 5.86. The molecule has 2 aromatic carbocycles. The number of fused-ring (bicyclic) bond motifs is 1. The fourth-order valence-electron chi connectivity index (χ4n) is 3.52. The Balaban J connectivity index is 1.51. The van der Waals surface area contributed by atoms with E-state index in [1.54, 1.807) is 0 Å². The molecule has 1 aliphatic carbocycles. The van der Waals surface area contributed by atoms with Gasteiger partial charge in [0.25, 0.3) is 0 Å². The van der Waals surface area contributed by atoms with Crippen LogP contribution >= 0.6 is 0 Å². The molecule has 3 aromatic rings. The Morgan fingerprint density at radius 3 is 2.71 bits per heavy atom. The molecule has 0 fully saturated rings. The highest BCUT2D eigenvalue weighted by atomic mass is 16.4. The second-order valence-corrected chi connectivity index (χ2v) is 6.39. The molecule has 4 rings (SSSR count). The first-order valence-corrected chi connectivity index (χ1v) is 8.47. The summed E-state index contributed by atoms with van der Waals surface area (Å²) in [4.78, 5) is 2.32. The Morgan fingerprint density at radius 2 is 1.83 bits per heavy atom. The van der Waals surface area contributed by atoms with Crippen molar-refractivity contribution >= 4 is 0 Å². The number of aryl methyl sites for hydroxylation is 1. The van der Waals surface area contributed by atoms with Gasteiger partial charge in [0.05, 0.1) is 6.54 Å². The van der Waals surface area contributed by atoms with E-state index >= 15 is 0 Å². The van der Waals surface area contributed by atoms with Gasteiger partial charge in [0, 0.05) is 11.6 Å². The summed E-state index contributed by atoms with van der Waals surface area (Å²) >= 11 is 0. The minimum absolute atomic E-state index is 0.419. The third kappa shape index (κ3) is 2.97. The lowest BCUT2D eigenvalue weighted by Crippen LogP contribution is -2.27. The van der Waals surface area contributed by atoms with Crippen molar-refractivity contribution in [3.05, 3.63) is 71.6 Å². The largest absolute Gasteiger partial charge is 0.419 e. The van der Waals surface area contributed by atoms with Crippen molar-refractivity contribution in [2.45, 2.75) is 31.8 Å². The molecule has 0 N–H and O–H groups in total. The SMILES string of the molecule is CN(Cc1nnc(-c2ccccc2)o1)C1CCCc2ccccc21. The van der Waals surface area contributed by atoms with Crippen molar-refractivity contribution in [1.29, 1.82) is 0 Å². The number of rotatable bonds is 4. The van der Waals surface area contributed by atoms with E-state index in [0.29, 0.717) is 24.4 Å². The van der Waals surface area contributed by atoms with Gasteiger partial charge in [0.15, 0.2) is 0 Å². The van der Waals surface area contributed by atoms with Crippen LogP contribution in [0.15, 0.2) is 59.0 Å². The van der Waals surface area contributed by atoms with Gasteiger partial charge >= 0.3 is 0 Å². The molecule has 1 heterocycles. The molecule has 0 radical (unpaired) electrons. The van der Waals surface area contributed by atoms with Gasteiger partial charge in [-0.3, -0.25) is 4.90 Å². The van der Waals surface area contributed by atoms with Gasteiger partial charge < -0.3 is 4.42 Å². The van der Waals surface area contributed by atoms with E-state index in [0.717, 1.165) is 5.56 Å². The summed E-state index contributed by atoms with van der Waals surface area (Å²) in [5.41, 5.74) is 3.87. The zero-order valence-corrected chi connectivity index (χ0v) is 13.9. The zero-order valence-electron chi connectivity index (χ0n) is 13.9. The first-order chi connectivity index (χ1) is 11.8. The van der Waals surface area contributed by atoms with Crippen molar-refractivity contribution in [1.82, 2.24) is 15.1 Å². The third-order valence-electron chi connectivity index (χ3n) is 4.74. The van der Waals surface area contributed by atoms with Crippen LogP contribution in [-0.4, -0.2) is 22.1 Å². The molecule has 0 amide bonds. The first-order valence-electron chi connectivity index (χ1n) is 8.47. The second-order valence-electron chi connectivity index (χ2n) is 6.39. The van der Waals surface area contributed by atoms with Crippen LogP contribution < -0.4 is 0 Å². The highest BCUT2D eigenvalue weighted by molar-refractivity contribution is 5.51. The Labute approximate surface area is 142 Å². The highest BCUT2D eigenvalue weighted by Crippen LogP contribution is 2.34.